The van der Waals surface area contributed by atoms with Gasteiger partial charge in [0.2, 0.25) is 0 Å². The van der Waals surface area contributed by atoms with Gasteiger partial charge in [-0.05, 0) is 36.6 Å². The Morgan fingerprint density at radius 3 is 2.76 bits per heavy atom. The van der Waals surface area contributed by atoms with Crippen molar-refractivity contribution in [3.8, 4) is 0 Å². The summed E-state index contributed by atoms with van der Waals surface area (Å²) in [6, 6.07) is 6.07. The van der Waals surface area contributed by atoms with Crippen LogP contribution in [0.2, 0.25) is 0 Å². The van der Waals surface area contributed by atoms with Crippen molar-refractivity contribution >= 4 is 21.7 Å². The molecular formula is C14H13NO5S. The predicted molar refractivity (Wildman–Crippen MR) is 75.0 cm³/mol. The fourth-order valence-electron chi connectivity index (χ4n) is 2.57. The van der Waals surface area contributed by atoms with E-state index in [-0.39, 0.29) is 10.5 Å². The molecule has 0 fully saturated rings. The molecule has 1 aliphatic heterocycles. The Labute approximate surface area is 121 Å². The van der Waals surface area contributed by atoms with E-state index in [9.17, 15) is 18.3 Å². The van der Waals surface area contributed by atoms with Crippen molar-refractivity contribution in [3.63, 3.8) is 0 Å². The number of hydrogen-bond donors (Lipinski definition) is 1. The van der Waals surface area contributed by atoms with Gasteiger partial charge in [0.15, 0.2) is 0 Å². The van der Waals surface area contributed by atoms with E-state index in [1.165, 1.54) is 29.0 Å². The topological polar surface area (TPSA) is 87.8 Å². The molecule has 0 bridgehead atoms. The van der Waals surface area contributed by atoms with E-state index in [4.69, 9.17) is 4.42 Å². The SMILES string of the molecule is O=C(O)c1cccc2c1CCCN2S(=O)(=O)c1ccoc1. The third-order valence-corrected chi connectivity index (χ3v) is 5.31. The van der Waals surface area contributed by atoms with E-state index >= 15 is 0 Å². The largest absolute Gasteiger partial charge is 0.478 e. The minimum atomic E-state index is -3.73. The molecular weight excluding hydrogens is 294 g/mol. The van der Waals surface area contributed by atoms with Gasteiger partial charge < -0.3 is 9.52 Å². The van der Waals surface area contributed by atoms with Crippen LogP contribution in [0.4, 0.5) is 5.69 Å². The third-order valence-electron chi connectivity index (χ3n) is 3.52. The van der Waals surface area contributed by atoms with Gasteiger partial charge in [-0.1, -0.05) is 6.07 Å². The number of carboxylic acids is 1. The third kappa shape index (κ3) is 2.19. The van der Waals surface area contributed by atoms with Crippen molar-refractivity contribution in [1.82, 2.24) is 0 Å². The molecule has 3 rings (SSSR count). The van der Waals surface area contributed by atoms with Crippen LogP contribution in [0.3, 0.4) is 0 Å². The maximum Gasteiger partial charge on any atom is 0.336 e. The number of carboxylic acid groups (broad SMARTS) is 1. The summed E-state index contributed by atoms with van der Waals surface area (Å²) in [6.45, 7) is 0.323. The summed E-state index contributed by atoms with van der Waals surface area (Å²) < 4.78 is 31.3. The molecule has 0 amide bonds. The molecule has 1 aliphatic rings. The quantitative estimate of drug-likeness (QED) is 0.938. The number of fused-ring (bicyclic) bond motifs is 1. The van der Waals surface area contributed by atoms with Gasteiger partial charge in [0, 0.05) is 6.54 Å². The number of furan rings is 1. The van der Waals surface area contributed by atoms with E-state index in [1.54, 1.807) is 12.1 Å². The van der Waals surface area contributed by atoms with Gasteiger partial charge in [-0.3, -0.25) is 4.31 Å². The molecule has 6 nitrogen and oxygen atoms in total. The Morgan fingerprint density at radius 1 is 1.29 bits per heavy atom. The molecule has 1 N–H and O–H groups in total. The lowest BCUT2D eigenvalue weighted by Gasteiger charge is -2.30. The van der Waals surface area contributed by atoms with Crippen LogP contribution < -0.4 is 4.31 Å². The number of sulfonamides is 1. The van der Waals surface area contributed by atoms with E-state index in [2.05, 4.69) is 0 Å². The van der Waals surface area contributed by atoms with Gasteiger partial charge in [-0.2, -0.15) is 0 Å². The molecule has 0 saturated carbocycles. The van der Waals surface area contributed by atoms with Crippen molar-refractivity contribution in [2.75, 3.05) is 10.8 Å². The van der Waals surface area contributed by atoms with Gasteiger partial charge in [-0.25, -0.2) is 13.2 Å². The number of carbonyl (C=O) groups is 1. The molecule has 0 aliphatic carbocycles. The maximum atomic E-state index is 12.6. The second kappa shape index (κ2) is 4.92. The number of hydrogen-bond acceptors (Lipinski definition) is 4. The highest BCUT2D eigenvalue weighted by Crippen LogP contribution is 2.34. The Morgan fingerprint density at radius 2 is 2.10 bits per heavy atom. The summed E-state index contributed by atoms with van der Waals surface area (Å²) in [7, 11) is -3.73. The molecule has 0 saturated heterocycles. The average Bonchev–Trinajstić information content (AvgIpc) is 3.00. The molecule has 0 spiro atoms. The molecule has 21 heavy (non-hydrogen) atoms. The lowest BCUT2D eigenvalue weighted by Crippen LogP contribution is -2.35. The second-order valence-corrected chi connectivity index (χ2v) is 6.61. The van der Waals surface area contributed by atoms with E-state index in [1.807, 2.05) is 0 Å². The summed E-state index contributed by atoms with van der Waals surface area (Å²) in [5, 5.41) is 9.23. The van der Waals surface area contributed by atoms with Crippen molar-refractivity contribution in [3.05, 3.63) is 47.9 Å². The van der Waals surface area contributed by atoms with E-state index in [0.717, 1.165) is 0 Å². The molecule has 7 heteroatoms. The zero-order chi connectivity index (χ0) is 15.0. The second-order valence-electron chi connectivity index (χ2n) is 4.75. The highest BCUT2D eigenvalue weighted by atomic mass is 32.2. The number of aromatic carboxylic acids is 1. The molecule has 2 aromatic rings. The van der Waals surface area contributed by atoms with Gasteiger partial charge in [0.1, 0.15) is 11.2 Å². The number of nitrogens with zero attached hydrogens (tertiary/aromatic N) is 1. The highest BCUT2D eigenvalue weighted by molar-refractivity contribution is 7.92. The number of anilines is 1. The Hall–Kier alpha value is -2.28. The zero-order valence-electron chi connectivity index (χ0n) is 11.0. The van der Waals surface area contributed by atoms with Gasteiger partial charge in [-0.15, -0.1) is 0 Å². The van der Waals surface area contributed by atoms with Gasteiger partial charge in [0.05, 0.1) is 17.5 Å². The predicted octanol–water partition coefficient (Wildman–Crippen LogP) is 2.12. The molecule has 1 aromatic heterocycles. The number of rotatable bonds is 3. The fraction of sp³-hybridized carbons (Fsp3) is 0.214. The zero-order valence-corrected chi connectivity index (χ0v) is 11.8. The van der Waals surface area contributed by atoms with Crippen LogP contribution in [0.15, 0.2) is 46.1 Å². The molecule has 0 atom stereocenters. The minimum Gasteiger partial charge on any atom is -0.478 e. The minimum absolute atomic E-state index is 0.0658. The molecule has 110 valence electrons. The summed E-state index contributed by atoms with van der Waals surface area (Å²) in [5.41, 5.74) is 1.14. The maximum absolute atomic E-state index is 12.6. The van der Waals surface area contributed by atoms with E-state index in [0.29, 0.717) is 30.6 Å². The first kappa shape index (κ1) is 13.7. The average molecular weight is 307 g/mol. The van der Waals surface area contributed by atoms with Crippen LogP contribution in [-0.2, 0) is 16.4 Å². The number of benzene rings is 1. The van der Waals surface area contributed by atoms with Crippen LogP contribution in [0.5, 0.6) is 0 Å². The first-order valence-electron chi connectivity index (χ1n) is 6.42. The molecule has 2 heterocycles. The van der Waals surface area contributed by atoms with Crippen LogP contribution in [0.1, 0.15) is 22.3 Å². The Balaban J connectivity index is 2.14. The standard InChI is InChI=1S/C14H13NO5S/c16-14(17)12-3-1-5-13-11(12)4-2-7-15(13)21(18,19)10-6-8-20-9-10/h1,3,5-6,8-9H,2,4,7H2,(H,16,17). The van der Waals surface area contributed by atoms with Crippen LogP contribution >= 0.6 is 0 Å². The van der Waals surface area contributed by atoms with Crippen molar-refractivity contribution in [2.24, 2.45) is 0 Å². The molecule has 0 unspecified atom stereocenters. The van der Waals surface area contributed by atoms with Crippen LogP contribution in [-0.4, -0.2) is 26.0 Å². The van der Waals surface area contributed by atoms with Crippen LogP contribution in [0.25, 0.3) is 0 Å². The fourth-order valence-corrected chi connectivity index (χ4v) is 4.03. The first-order chi connectivity index (χ1) is 10.0. The monoisotopic (exact) mass is 307 g/mol. The summed E-state index contributed by atoms with van der Waals surface area (Å²) in [5.74, 6) is -1.05. The summed E-state index contributed by atoms with van der Waals surface area (Å²) in [6.07, 6.45) is 3.60. The smallest absolute Gasteiger partial charge is 0.336 e. The van der Waals surface area contributed by atoms with Crippen LogP contribution in [0, 0.1) is 0 Å². The Bertz CT molecular complexity index is 780. The summed E-state index contributed by atoms with van der Waals surface area (Å²) >= 11 is 0. The lowest BCUT2D eigenvalue weighted by atomic mass is 9.98. The van der Waals surface area contributed by atoms with Gasteiger partial charge in [0.25, 0.3) is 10.0 Å². The highest BCUT2D eigenvalue weighted by Gasteiger charge is 2.31. The normalized spacial score (nSPS) is 14.8. The Kier molecular flexibility index (Phi) is 3.21. The van der Waals surface area contributed by atoms with Gasteiger partial charge >= 0.3 is 5.97 Å². The molecule has 0 radical (unpaired) electrons. The van der Waals surface area contributed by atoms with Crippen molar-refractivity contribution in [1.29, 1.82) is 0 Å². The first-order valence-corrected chi connectivity index (χ1v) is 7.86. The lowest BCUT2D eigenvalue weighted by molar-refractivity contribution is 0.0695. The molecule has 1 aromatic carbocycles. The van der Waals surface area contributed by atoms with Crippen molar-refractivity contribution in [2.45, 2.75) is 17.7 Å². The summed E-state index contributed by atoms with van der Waals surface area (Å²) in [4.78, 5) is 11.3. The van der Waals surface area contributed by atoms with E-state index < -0.39 is 16.0 Å². The van der Waals surface area contributed by atoms with Crippen molar-refractivity contribution < 1.29 is 22.7 Å².